The number of anilines is 1. The highest BCUT2D eigenvalue weighted by Gasteiger charge is 2.09. The second-order valence-electron chi connectivity index (χ2n) is 3.64. The third-order valence-electron chi connectivity index (χ3n) is 2.30. The summed E-state index contributed by atoms with van der Waals surface area (Å²) in [7, 11) is 1.57. The molecule has 2 heterocycles. The number of rotatable bonds is 6. The number of aromatic amines is 1. The summed E-state index contributed by atoms with van der Waals surface area (Å²) in [5, 5.41) is 5.63. The number of amides is 1. The predicted molar refractivity (Wildman–Crippen MR) is 70.1 cm³/mol. The van der Waals surface area contributed by atoms with Crippen LogP contribution in [0.5, 0.6) is 0 Å². The molecule has 0 aromatic carbocycles. The van der Waals surface area contributed by atoms with Crippen LogP contribution in [0.15, 0.2) is 6.33 Å². The smallest absolute Gasteiger partial charge is 0.239 e. The monoisotopic (exact) mass is 284 g/mol. The van der Waals surface area contributed by atoms with Gasteiger partial charge in [-0.25, -0.2) is 4.98 Å². The molecule has 0 aliphatic rings. The minimum atomic E-state index is -0.167. The van der Waals surface area contributed by atoms with Crippen molar-refractivity contribution in [3.63, 3.8) is 0 Å². The third-order valence-corrected chi connectivity index (χ3v) is 2.47. The Labute approximate surface area is 113 Å². The number of hydrogen-bond acceptors (Lipinski definition) is 6. The van der Waals surface area contributed by atoms with Crippen molar-refractivity contribution in [1.82, 2.24) is 25.3 Å². The van der Waals surface area contributed by atoms with Gasteiger partial charge in [0.05, 0.1) is 19.5 Å². The molecule has 2 aromatic rings. The molecule has 0 spiro atoms. The molecule has 0 aliphatic carbocycles. The van der Waals surface area contributed by atoms with Crippen molar-refractivity contribution in [1.29, 1.82) is 0 Å². The normalized spacial score (nSPS) is 10.6. The summed E-state index contributed by atoms with van der Waals surface area (Å²) in [5.74, 6) is 0.272. The molecular weight excluding hydrogens is 272 g/mol. The Morgan fingerprint density at radius 2 is 2.37 bits per heavy atom. The van der Waals surface area contributed by atoms with Crippen LogP contribution in [0, 0.1) is 0 Å². The molecular formula is C10H13ClN6O2. The highest BCUT2D eigenvalue weighted by Crippen LogP contribution is 2.17. The summed E-state index contributed by atoms with van der Waals surface area (Å²) in [6.07, 6.45) is 1.49. The zero-order valence-corrected chi connectivity index (χ0v) is 11.0. The van der Waals surface area contributed by atoms with E-state index in [1.807, 2.05) is 0 Å². The third kappa shape index (κ3) is 3.52. The van der Waals surface area contributed by atoms with Crippen molar-refractivity contribution in [2.45, 2.75) is 0 Å². The van der Waals surface area contributed by atoms with Gasteiger partial charge in [-0.3, -0.25) is 4.79 Å². The van der Waals surface area contributed by atoms with Crippen LogP contribution in [-0.4, -0.2) is 52.6 Å². The molecule has 102 valence electrons. The zero-order valence-electron chi connectivity index (χ0n) is 10.2. The minimum absolute atomic E-state index is 0.0712. The van der Waals surface area contributed by atoms with Crippen LogP contribution in [0.2, 0.25) is 5.28 Å². The fourth-order valence-corrected chi connectivity index (χ4v) is 1.62. The van der Waals surface area contributed by atoms with Crippen LogP contribution in [0.4, 0.5) is 5.82 Å². The standard InChI is InChI=1S/C10H13ClN6O2/c1-19-3-2-12-6(18)4-13-8-7-9(15-5-14-7)17-10(11)16-8/h5H,2-4H2,1H3,(H,12,18)(H2,13,14,15,16,17). The van der Waals surface area contributed by atoms with E-state index in [4.69, 9.17) is 16.3 Å². The summed E-state index contributed by atoms with van der Waals surface area (Å²) in [5.41, 5.74) is 1.05. The van der Waals surface area contributed by atoms with Gasteiger partial charge >= 0.3 is 0 Å². The van der Waals surface area contributed by atoms with Gasteiger partial charge in [0, 0.05) is 13.7 Å². The van der Waals surface area contributed by atoms with Gasteiger partial charge in [0.2, 0.25) is 11.2 Å². The van der Waals surface area contributed by atoms with Crippen LogP contribution in [0.25, 0.3) is 11.2 Å². The molecule has 8 nitrogen and oxygen atoms in total. The molecule has 1 amide bonds. The number of fused-ring (bicyclic) bond motifs is 1. The highest BCUT2D eigenvalue weighted by atomic mass is 35.5. The molecule has 19 heavy (non-hydrogen) atoms. The molecule has 9 heteroatoms. The van der Waals surface area contributed by atoms with Crippen LogP contribution >= 0.6 is 11.6 Å². The maximum Gasteiger partial charge on any atom is 0.239 e. The molecule has 0 unspecified atom stereocenters. The van der Waals surface area contributed by atoms with Crippen LogP contribution < -0.4 is 10.6 Å². The first-order valence-corrected chi connectivity index (χ1v) is 5.94. The number of hydrogen-bond donors (Lipinski definition) is 3. The summed E-state index contributed by atoms with van der Waals surface area (Å²) < 4.78 is 4.83. The minimum Gasteiger partial charge on any atom is -0.383 e. The Morgan fingerprint density at radius 3 is 3.16 bits per heavy atom. The molecule has 3 N–H and O–H groups in total. The molecule has 0 bridgehead atoms. The van der Waals surface area contributed by atoms with Crippen molar-refractivity contribution in [2.24, 2.45) is 0 Å². The Balaban J connectivity index is 1.97. The van der Waals surface area contributed by atoms with E-state index in [9.17, 15) is 4.79 Å². The Bertz CT molecular complexity index is 572. The van der Waals surface area contributed by atoms with Gasteiger partial charge in [0.1, 0.15) is 5.52 Å². The fourth-order valence-electron chi connectivity index (χ4n) is 1.45. The average Bonchev–Trinajstić information content (AvgIpc) is 2.84. The number of halogens is 1. The van der Waals surface area contributed by atoms with Crippen molar-refractivity contribution in [3.8, 4) is 0 Å². The van der Waals surface area contributed by atoms with Crippen molar-refractivity contribution in [2.75, 3.05) is 32.1 Å². The van der Waals surface area contributed by atoms with Crippen molar-refractivity contribution < 1.29 is 9.53 Å². The van der Waals surface area contributed by atoms with Gasteiger partial charge in [0.15, 0.2) is 11.5 Å². The summed E-state index contributed by atoms with van der Waals surface area (Å²) in [6.45, 7) is 1.00. The van der Waals surface area contributed by atoms with E-state index in [0.29, 0.717) is 30.1 Å². The van der Waals surface area contributed by atoms with E-state index in [1.165, 1.54) is 6.33 Å². The van der Waals surface area contributed by atoms with Crippen LogP contribution in [0.3, 0.4) is 0 Å². The van der Waals surface area contributed by atoms with Crippen LogP contribution in [-0.2, 0) is 9.53 Å². The second-order valence-corrected chi connectivity index (χ2v) is 3.98. The lowest BCUT2D eigenvalue weighted by Crippen LogP contribution is -2.32. The fraction of sp³-hybridized carbons (Fsp3) is 0.400. The Kier molecular flexibility index (Phi) is 4.48. The molecule has 0 radical (unpaired) electrons. The number of carbonyl (C=O) groups is 1. The number of nitrogens with one attached hydrogen (secondary N) is 3. The lowest BCUT2D eigenvalue weighted by Gasteiger charge is -2.07. The number of aromatic nitrogens is 4. The number of H-pyrrole nitrogens is 1. The van der Waals surface area contributed by atoms with Crippen LogP contribution in [0.1, 0.15) is 0 Å². The molecule has 0 aliphatic heterocycles. The van der Waals surface area contributed by atoms with Crippen molar-refractivity contribution >= 4 is 34.5 Å². The molecule has 0 fully saturated rings. The maximum atomic E-state index is 11.5. The lowest BCUT2D eigenvalue weighted by molar-refractivity contribution is -0.119. The predicted octanol–water partition coefficient (Wildman–Crippen LogP) is 0.181. The van der Waals surface area contributed by atoms with Gasteiger partial charge in [-0.1, -0.05) is 0 Å². The summed E-state index contributed by atoms with van der Waals surface area (Å²) in [4.78, 5) is 26.3. The molecule has 0 saturated heterocycles. The van der Waals surface area contributed by atoms with E-state index >= 15 is 0 Å². The van der Waals surface area contributed by atoms with E-state index < -0.39 is 0 Å². The quantitative estimate of drug-likeness (QED) is 0.516. The number of nitrogens with zero attached hydrogens (tertiary/aromatic N) is 3. The van der Waals surface area contributed by atoms with E-state index in [0.717, 1.165) is 0 Å². The summed E-state index contributed by atoms with van der Waals surface area (Å²) in [6, 6.07) is 0. The maximum absolute atomic E-state index is 11.5. The van der Waals surface area contributed by atoms with E-state index in [1.54, 1.807) is 7.11 Å². The van der Waals surface area contributed by atoms with Gasteiger partial charge in [-0.05, 0) is 11.6 Å². The number of ether oxygens (including phenoxy) is 1. The topological polar surface area (TPSA) is 105 Å². The van der Waals surface area contributed by atoms with E-state index in [-0.39, 0.29) is 17.7 Å². The zero-order chi connectivity index (χ0) is 13.7. The number of carbonyl (C=O) groups excluding carboxylic acids is 1. The number of methoxy groups -OCH3 is 1. The first kappa shape index (κ1) is 13.5. The largest absolute Gasteiger partial charge is 0.383 e. The average molecular weight is 285 g/mol. The first-order valence-electron chi connectivity index (χ1n) is 5.57. The lowest BCUT2D eigenvalue weighted by atomic mass is 10.4. The second kappa shape index (κ2) is 6.30. The van der Waals surface area contributed by atoms with E-state index in [2.05, 4.69) is 30.6 Å². The van der Waals surface area contributed by atoms with Gasteiger partial charge < -0.3 is 20.4 Å². The Morgan fingerprint density at radius 1 is 1.53 bits per heavy atom. The molecule has 2 aromatic heterocycles. The van der Waals surface area contributed by atoms with Gasteiger partial charge in [-0.15, -0.1) is 0 Å². The van der Waals surface area contributed by atoms with Crippen molar-refractivity contribution in [3.05, 3.63) is 11.6 Å². The number of imidazole rings is 1. The SMILES string of the molecule is COCCNC(=O)CNc1nc(Cl)nc2nc[nH]c12. The Hall–Kier alpha value is -1.93. The highest BCUT2D eigenvalue weighted by molar-refractivity contribution is 6.28. The molecule has 2 rings (SSSR count). The summed E-state index contributed by atoms with van der Waals surface area (Å²) >= 11 is 5.77. The molecule has 0 saturated carbocycles. The molecule has 0 atom stereocenters. The van der Waals surface area contributed by atoms with Gasteiger partial charge in [-0.2, -0.15) is 9.97 Å². The first-order chi connectivity index (χ1) is 9.20. The van der Waals surface area contributed by atoms with Gasteiger partial charge in [0.25, 0.3) is 0 Å².